The van der Waals surface area contributed by atoms with E-state index in [9.17, 15) is 35.8 Å². The van der Waals surface area contributed by atoms with Gasteiger partial charge in [0.1, 0.15) is 68.0 Å². The topological polar surface area (TPSA) is 207 Å². The summed E-state index contributed by atoms with van der Waals surface area (Å²) < 4.78 is 170. The Labute approximate surface area is 582 Å². The number of tetrazole rings is 1. The molecule has 2 aliphatic rings. The third-order valence-electron chi connectivity index (χ3n) is 14.3. The van der Waals surface area contributed by atoms with Gasteiger partial charge in [0.25, 0.3) is 0 Å². The van der Waals surface area contributed by atoms with E-state index in [2.05, 4.69) is 45.4 Å². The third kappa shape index (κ3) is 17.8. The number of alkyl halides is 7. The number of hydrogen-bond donors (Lipinski definition) is 3. The monoisotopic (exact) mass is 1470 g/mol. The average molecular weight is 1470 g/mol. The zero-order valence-electron chi connectivity index (χ0n) is 48.0. The number of nitrogens with zero attached hydrogens (tertiary/aromatic N) is 10. The van der Waals surface area contributed by atoms with Gasteiger partial charge < -0.3 is 24.6 Å². The SMILES string of the molecule is C.ClCc1ccc(Cl)nc1.Fc1ccc(C2(C(F)(F)c3ccc(Cc4ccc(Cl)nc4)cn3)CO2)c(F)c1.OB(O)c1ccc(C(F)(F)C2(c3ccc(F)cc3)CO2)nc1.OC(Cn1cnnn1)(c1ccc(F)cc1F)C(F)(F)c1ccc(Cc2ccc(Cl)nc2)cn1.[B].[Y]. The Hall–Kier alpha value is -6.95. The number of hydrogen-bond acceptors (Lipinski definition) is 14. The molecule has 3 aromatic carbocycles. The molecule has 2 fully saturated rings. The summed E-state index contributed by atoms with van der Waals surface area (Å²) in [4.78, 5) is 23.0. The number of halogens is 15. The predicted molar refractivity (Wildman–Crippen MR) is 326 cm³/mol. The van der Waals surface area contributed by atoms with Gasteiger partial charge in [-0.15, -0.1) is 16.7 Å². The van der Waals surface area contributed by atoms with E-state index in [1.165, 1.54) is 42.7 Å². The van der Waals surface area contributed by atoms with E-state index in [4.69, 9.17) is 65.9 Å². The van der Waals surface area contributed by atoms with Gasteiger partial charge in [-0.25, -0.2) is 41.6 Å². The summed E-state index contributed by atoms with van der Waals surface area (Å²) in [6.07, 6.45) is 10.1. The van der Waals surface area contributed by atoms with Crippen LogP contribution in [-0.4, -0.2) is 94.0 Å². The molecule has 0 amide bonds. The minimum atomic E-state index is -4.11. The summed E-state index contributed by atoms with van der Waals surface area (Å²) in [6.45, 7) is -1.52. The van der Waals surface area contributed by atoms with E-state index in [-0.39, 0.29) is 72.8 Å². The van der Waals surface area contributed by atoms with Gasteiger partial charge in [0.05, 0.1) is 19.8 Å². The van der Waals surface area contributed by atoms with Crippen molar-refractivity contribution in [1.82, 2.24) is 50.1 Å². The number of epoxide rings is 2. The van der Waals surface area contributed by atoms with Crippen molar-refractivity contribution in [2.24, 2.45) is 0 Å². The second-order valence-corrected chi connectivity index (χ2v) is 21.9. The van der Waals surface area contributed by atoms with Crippen LogP contribution in [0.1, 0.15) is 69.0 Å². The molecule has 10 aromatic rings. The molecule has 7 aromatic heterocycles. The molecule has 4 radical (unpaired) electrons. The summed E-state index contributed by atoms with van der Waals surface area (Å²) in [5.41, 5.74) is -6.31. The molecule has 490 valence electrons. The molecular weight excluding hydrogens is 1430 g/mol. The van der Waals surface area contributed by atoms with E-state index >= 15 is 17.6 Å². The fourth-order valence-electron chi connectivity index (χ4n) is 9.16. The summed E-state index contributed by atoms with van der Waals surface area (Å²) in [6, 6.07) is 26.7. The molecule has 12 rings (SSSR count). The Balaban J connectivity index is 0.000000211. The number of benzene rings is 3. The number of aromatic nitrogens is 10. The van der Waals surface area contributed by atoms with Crippen LogP contribution in [0, 0.1) is 29.1 Å². The van der Waals surface area contributed by atoms with Gasteiger partial charge >= 0.3 is 24.9 Å². The Bertz CT molecular complexity index is 4110. The van der Waals surface area contributed by atoms with Gasteiger partial charge in [0.15, 0.2) is 16.8 Å². The molecule has 0 saturated carbocycles. The molecule has 2 aliphatic heterocycles. The van der Waals surface area contributed by atoms with Gasteiger partial charge in [0.2, 0.25) is 0 Å². The minimum absolute atomic E-state index is 0. The van der Waals surface area contributed by atoms with Crippen LogP contribution in [0.5, 0.6) is 0 Å². The maximum absolute atomic E-state index is 15.7. The molecule has 2 saturated heterocycles. The summed E-state index contributed by atoms with van der Waals surface area (Å²) in [5, 5.41) is 40.4. The maximum atomic E-state index is 15.7. The Morgan fingerprint density at radius 3 is 1.36 bits per heavy atom. The second kappa shape index (κ2) is 32.4. The van der Waals surface area contributed by atoms with Crippen molar-refractivity contribution in [2.45, 2.75) is 67.3 Å². The molecule has 3 unspecified atom stereocenters. The normalized spacial score (nSPS) is 16.0. The average Bonchev–Trinajstić information content (AvgIpc) is 1.60. The van der Waals surface area contributed by atoms with Crippen LogP contribution in [0.3, 0.4) is 0 Å². The first-order chi connectivity index (χ1) is 43.7. The second-order valence-electron chi connectivity index (χ2n) is 20.5. The van der Waals surface area contributed by atoms with Crippen molar-refractivity contribution in [3.63, 3.8) is 0 Å². The van der Waals surface area contributed by atoms with E-state index in [0.717, 1.165) is 88.5 Å². The summed E-state index contributed by atoms with van der Waals surface area (Å²) in [7, 11) is -1.78. The van der Waals surface area contributed by atoms with Gasteiger partial charge in [-0.2, -0.15) is 26.3 Å². The van der Waals surface area contributed by atoms with Gasteiger partial charge in [-0.1, -0.05) is 90.8 Å². The number of ether oxygens (including phenoxy) is 2. The first kappa shape index (κ1) is 77.1. The Morgan fingerprint density at radius 1 is 0.526 bits per heavy atom. The van der Waals surface area contributed by atoms with E-state index in [1.807, 2.05) is 6.07 Å². The maximum Gasteiger partial charge on any atom is 0.490 e. The molecule has 33 heteroatoms. The number of pyridine rings is 6. The standard InChI is InChI=1S/C21H15ClF4N6O.C20H13ClF4N2O.C14H11BF3NO3.C6H5Cl2N.CH4.B.Y/c22-19-6-2-14(10-28-19)7-13-1-5-18(27-9-13)21(25,26)20(33,11-32-12-29-30-31-32)16-4-3-15(23)8-17(16)24;21-18-6-2-13(10-27-18)7-12-1-5-17(26-9-12)20(24,25)19(11-28-19)15-4-3-14(22)8-16(15)23;16-11-4-1-9(2-5-11)13(8-22-13)14(17,18)12-6-3-10(7-19-12)15(20)21;7-3-5-1-2-6(8)9-4-5;;;/h1-6,8-10,12,33H,7,11H2;1-6,8-10H,7,11H2;1-7,20-21H,8H2;1-2,4H,3H2;1H4;;. The zero-order valence-corrected chi connectivity index (χ0v) is 53.9. The molecule has 0 aliphatic carbocycles. The zero-order chi connectivity index (χ0) is 66.2. The first-order valence-electron chi connectivity index (χ1n) is 26.8. The smallest absolute Gasteiger partial charge is 0.423 e. The van der Waals surface area contributed by atoms with Crippen molar-refractivity contribution < 1.29 is 106 Å². The molecule has 15 nitrogen and oxygen atoms in total. The predicted octanol–water partition coefficient (Wildman–Crippen LogP) is 12.3. The van der Waals surface area contributed by atoms with Gasteiger partial charge in [0, 0.05) is 126 Å². The molecule has 0 bridgehead atoms. The van der Waals surface area contributed by atoms with Crippen molar-refractivity contribution in [3.05, 3.63) is 283 Å². The fraction of sp³-hybridized carbons (Fsp3) is 0.210. The van der Waals surface area contributed by atoms with E-state index in [1.54, 1.807) is 48.9 Å². The summed E-state index contributed by atoms with van der Waals surface area (Å²) >= 11 is 22.5. The molecule has 0 spiro atoms. The van der Waals surface area contributed by atoms with E-state index in [0.29, 0.717) is 57.4 Å². The van der Waals surface area contributed by atoms with Crippen molar-refractivity contribution in [2.75, 3.05) is 13.2 Å². The van der Waals surface area contributed by atoms with Crippen LogP contribution < -0.4 is 5.46 Å². The van der Waals surface area contributed by atoms with Crippen molar-refractivity contribution in [3.8, 4) is 0 Å². The minimum Gasteiger partial charge on any atom is -0.423 e. The quantitative estimate of drug-likeness (QED) is 0.0255. The van der Waals surface area contributed by atoms with Crippen LogP contribution in [-0.2, 0) is 102 Å². The van der Waals surface area contributed by atoms with Gasteiger partial charge in [-0.3, -0.25) is 15.0 Å². The Morgan fingerprint density at radius 2 is 0.958 bits per heavy atom. The van der Waals surface area contributed by atoms with Crippen LogP contribution in [0.4, 0.5) is 48.3 Å². The van der Waals surface area contributed by atoms with Gasteiger partial charge in [-0.05, 0) is 117 Å². The number of aliphatic hydroxyl groups is 1. The molecule has 95 heavy (non-hydrogen) atoms. The first-order valence-corrected chi connectivity index (χ1v) is 28.5. The largest absolute Gasteiger partial charge is 0.490 e. The van der Waals surface area contributed by atoms with Crippen LogP contribution in [0.2, 0.25) is 15.5 Å². The van der Waals surface area contributed by atoms with Crippen LogP contribution in [0.25, 0.3) is 0 Å². The fourth-order valence-corrected chi connectivity index (χ4v) is 9.65. The molecular formula is C62H48B2Cl4F11N10O5Y. The van der Waals surface area contributed by atoms with Crippen LogP contribution in [0.15, 0.2) is 177 Å². The van der Waals surface area contributed by atoms with Crippen molar-refractivity contribution in [1.29, 1.82) is 0 Å². The number of rotatable bonds is 17. The van der Waals surface area contributed by atoms with Crippen molar-refractivity contribution >= 4 is 67.4 Å². The summed E-state index contributed by atoms with van der Waals surface area (Å²) in [5.74, 6) is -15.4. The molecule has 3 atom stereocenters. The van der Waals surface area contributed by atoms with Crippen LogP contribution >= 0.6 is 46.4 Å². The third-order valence-corrected chi connectivity index (χ3v) is 15.3. The Kier molecular flexibility index (Phi) is 26.3. The van der Waals surface area contributed by atoms with E-state index < -0.39 is 106 Å². The molecule has 3 N–H and O–H groups in total. The molecule has 9 heterocycles.